The predicted molar refractivity (Wildman–Crippen MR) is 149 cm³/mol. The zero-order chi connectivity index (χ0) is 28.0. The van der Waals surface area contributed by atoms with Gasteiger partial charge in [-0.25, -0.2) is 9.59 Å². The van der Waals surface area contributed by atoms with E-state index in [9.17, 15) is 19.5 Å². The molecule has 39 heavy (non-hydrogen) atoms. The highest BCUT2D eigenvalue weighted by Gasteiger charge is 2.34. The molecule has 0 saturated carbocycles. The van der Waals surface area contributed by atoms with Crippen LogP contribution in [0.1, 0.15) is 31.7 Å². The lowest BCUT2D eigenvalue weighted by Crippen LogP contribution is -2.60. The highest BCUT2D eigenvalue weighted by atomic mass is 16.3. The summed E-state index contributed by atoms with van der Waals surface area (Å²) < 4.78 is 1.44. The molecule has 12 nitrogen and oxygen atoms in total. The molecule has 0 radical (unpaired) electrons. The molecule has 1 unspecified atom stereocenters. The number of anilines is 1. The van der Waals surface area contributed by atoms with E-state index in [1.165, 1.54) is 22.0 Å². The Morgan fingerprint density at radius 2 is 1.74 bits per heavy atom. The Morgan fingerprint density at radius 1 is 1.05 bits per heavy atom. The smallest absolute Gasteiger partial charge is 0.354 e. The zero-order valence-corrected chi connectivity index (χ0v) is 22.6. The number of aromatic nitrogens is 2. The fourth-order valence-electron chi connectivity index (χ4n) is 4.91. The molecule has 4 rings (SSSR count). The van der Waals surface area contributed by atoms with Crippen LogP contribution in [0, 0.1) is 0 Å². The third-order valence-electron chi connectivity index (χ3n) is 7.51. The fraction of sp³-hybridized carbons (Fsp3) is 0.556. The number of carbonyl (C=O) groups excluding carboxylic acids is 2. The molecule has 3 heterocycles. The molecule has 0 spiro atoms. The number of aliphatic hydroxyl groups is 1. The normalized spacial score (nSPS) is 20.3. The maximum absolute atomic E-state index is 12.7. The molecule has 2 fully saturated rings. The number of nitrogens with two attached hydrogens (primary N) is 2. The number of nitrogens with one attached hydrogen (secondary N) is 1. The van der Waals surface area contributed by atoms with Gasteiger partial charge in [-0.05, 0) is 69.5 Å². The number of hydrogen-bond acceptors (Lipinski definition) is 8. The van der Waals surface area contributed by atoms with Gasteiger partial charge in [-0.2, -0.15) is 4.98 Å². The molecule has 0 bridgehead atoms. The molecule has 3 amide bonds. The maximum atomic E-state index is 12.7. The topological polar surface area (TPSA) is 163 Å². The summed E-state index contributed by atoms with van der Waals surface area (Å²) in [4.78, 5) is 47.4. The van der Waals surface area contributed by atoms with Gasteiger partial charge in [-0.15, -0.1) is 0 Å². The summed E-state index contributed by atoms with van der Waals surface area (Å²) in [7, 11) is 0. The van der Waals surface area contributed by atoms with Crippen LogP contribution < -0.4 is 22.5 Å². The molecular formula is C27H40N8O4. The van der Waals surface area contributed by atoms with Crippen LogP contribution in [-0.2, 0) is 11.2 Å². The molecule has 2 atom stereocenters. The summed E-state index contributed by atoms with van der Waals surface area (Å²) in [6.07, 6.45) is 5.81. The van der Waals surface area contributed by atoms with E-state index < -0.39 is 23.9 Å². The first kappa shape index (κ1) is 28.7. The van der Waals surface area contributed by atoms with Gasteiger partial charge >= 0.3 is 11.7 Å². The third-order valence-corrected chi connectivity index (χ3v) is 7.51. The number of carbonyl (C=O) groups is 2. The highest BCUT2D eigenvalue weighted by molar-refractivity contribution is 5.89. The standard InChI is InChI=1S/C27H40N8O4/c1-27(29,19-36)24(37)33-15-17-34(18-16-33)25(38)30-23-10-14-35(26(39)31-23)22-6-4-20(5-7-22)8-12-32-11-2-3-21(28)9-13-32/h4-7,10,14,21,36H,2-3,8-9,11-13,15-19,28-29H2,1H3,(H,30,31,38,39)/t21?,27-/m1/s1. The molecule has 2 saturated heterocycles. The first-order valence-corrected chi connectivity index (χ1v) is 13.6. The Hall–Kier alpha value is -3.32. The fourth-order valence-corrected chi connectivity index (χ4v) is 4.91. The molecule has 6 N–H and O–H groups in total. The van der Waals surface area contributed by atoms with Gasteiger partial charge < -0.3 is 31.3 Å². The summed E-state index contributed by atoms with van der Waals surface area (Å²) in [5.41, 5.74) is 12.0. The van der Waals surface area contributed by atoms with Crippen molar-refractivity contribution in [3.63, 3.8) is 0 Å². The van der Waals surface area contributed by atoms with Crippen molar-refractivity contribution >= 4 is 17.8 Å². The quantitative estimate of drug-likeness (QED) is 0.381. The van der Waals surface area contributed by atoms with Gasteiger partial charge in [0, 0.05) is 45.0 Å². The van der Waals surface area contributed by atoms with Gasteiger partial charge in [-0.3, -0.25) is 14.7 Å². The molecule has 1 aromatic carbocycles. The second kappa shape index (κ2) is 12.7. The Bertz CT molecular complexity index is 1190. The number of likely N-dealkylation sites (tertiary alicyclic amines) is 1. The van der Waals surface area contributed by atoms with Crippen molar-refractivity contribution in [3.05, 3.63) is 52.6 Å². The number of hydrogen-bond donors (Lipinski definition) is 4. The van der Waals surface area contributed by atoms with Crippen molar-refractivity contribution < 1.29 is 14.7 Å². The second-order valence-electron chi connectivity index (χ2n) is 10.7. The number of nitrogens with zero attached hydrogens (tertiary/aromatic N) is 5. The molecule has 1 aromatic heterocycles. The second-order valence-corrected chi connectivity index (χ2v) is 10.7. The minimum Gasteiger partial charge on any atom is -0.394 e. The van der Waals surface area contributed by atoms with Crippen LogP contribution in [0.4, 0.5) is 10.6 Å². The van der Waals surface area contributed by atoms with Gasteiger partial charge in [0.25, 0.3) is 0 Å². The molecule has 2 aliphatic rings. The van der Waals surface area contributed by atoms with Crippen molar-refractivity contribution in [3.8, 4) is 5.69 Å². The monoisotopic (exact) mass is 540 g/mol. The van der Waals surface area contributed by atoms with E-state index >= 15 is 0 Å². The summed E-state index contributed by atoms with van der Waals surface area (Å²) in [5.74, 6) is -0.200. The van der Waals surface area contributed by atoms with Crippen LogP contribution >= 0.6 is 0 Å². The lowest BCUT2D eigenvalue weighted by molar-refractivity contribution is -0.139. The van der Waals surface area contributed by atoms with Crippen LogP contribution in [0.3, 0.4) is 0 Å². The molecule has 2 aliphatic heterocycles. The van der Waals surface area contributed by atoms with Crippen LogP contribution in [-0.4, -0.2) is 105 Å². The van der Waals surface area contributed by atoms with Crippen LogP contribution in [0.5, 0.6) is 0 Å². The van der Waals surface area contributed by atoms with Crippen LogP contribution in [0.2, 0.25) is 0 Å². The molecule has 0 aliphatic carbocycles. The lowest BCUT2D eigenvalue weighted by Gasteiger charge is -2.37. The first-order chi connectivity index (χ1) is 18.7. The van der Waals surface area contributed by atoms with E-state index in [-0.39, 0.29) is 11.7 Å². The van der Waals surface area contributed by atoms with Crippen molar-refractivity contribution in [2.75, 3.05) is 57.7 Å². The average molecular weight is 541 g/mol. The number of aliphatic hydroxyl groups excluding tert-OH is 1. The Labute approximate surface area is 228 Å². The van der Waals surface area contributed by atoms with Crippen molar-refractivity contribution in [2.45, 2.75) is 44.2 Å². The van der Waals surface area contributed by atoms with Crippen molar-refractivity contribution in [2.24, 2.45) is 11.5 Å². The Morgan fingerprint density at radius 3 is 2.41 bits per heavy atom. The highest BCUT2D eigenvalue weighted by Crippen LogP contribution is 2.14. The number of rotatable bonds is 7. The summed E-state index contributed by atoms with van der Waals surface area (Å²) >= 11 is 0. The van der Waals surface area contributed by atoms with Gasteiger partial charge in [0.05, 0.1) is 12.3 Å². The van der Waals surface area contributed by atoms with E-state index in [4.69, 9.17) is 11.5 Å². The summed E-state index contributed by atoms with van der Waals surface area (Å²) in [6, 6.07) is 9.35. The lowest BCUT2D eigenvalue weighted by atomic mass is 10.0. The van der Waals surface area contributed by atoms with Crippen LogP contribution in [0.15, 0.2) is 41.3 Å². The van der Waals surface area contributed by atoms with E-state index in [1.807, 2.05) is 24.3 Å². The third kappa shape index (κ3) is 7.41. The summed E-state index contributed by atoms with van der Waals surface area (Å²) in [5, 5.41) is 12.0. The first-order valence-electron chi connectivity index (χ1n) is 13.6. The number of benzene rings is 1. The van der Waals surface area contributed by atoms with E-state index in [0.717, 1.165) is 45.3 Å². The largest absolute Gasteiger partial charge is 0.394 e. The van der Waals surface area contributed by atoms with Gasteiger partial charge in [0.2, 0.25) is 5.91 Å². The molecule has 2 aromatic rings. The minimum atomic E-state index is -1.35. The zero-order valence-electron chi connectivity index (χ0n) is 22.6. The Balaban J connectivity index is 1.29. The van der Waals surface area contributed by atoms with E-state index in [2.05, 4.69) is 15.2 Å². The van der Waals surface area contributed by atoms with Gasteiger partial charge in [0.15, 0.2) is 0 Å². The molecule has 12 heteroatoms. The van der Waals surface area contributed by atoms with Crippen LogP contribution in [0.25, 0.3) is 5.69 Å². The van der Waals surface area contributed by atoms with Gasteiger partial charge in [-0.1, -0.05) is 12.1 Å². The van der Waals surface area contributed by atoms with E-state index in [0.29, 0.717) is 37.9 Å². The Kier molecular flexibility index (Phi) is 9.33. The minimum absolute atomic E-state index is 0.156. The number of piperazine rings is 1. The molecule has 212 valence electrons. The maximum Gasteiger partial charge on any atom is 0.354 e. The number of urea groups is 1. The average Bonchev–Trinajstić information content (AvgIpc) is 3.15. The van der Waals surface area contributed by atoms with E-state index in [1.54, 1.807) is 17.2 Å². The van der Waals surface area contributed by atoms with Gasteiger partial charge in [0.1, 0.15) is 11.4 Å². The molecular weight excluding hydrogens is 500 g/mol. The number of amides is 3. The van der Waals surface area contributed by atoms with Crippen molar-refractivity contribution in [1.82, 2.24) is 24.3 Å². The SMILES string of the molecule is C[C@@](N)(CO)C(=O)N1CCN(C(=O)Nc2ccn(-c3ccc(CCN4CCCC(N)CC4)cc3)c(=O)n2)CC1. The summed E-state index contributed by atoms with van der Waals surface area (Å²) in [6.45, 7) is 5.34. The van der Waals surface area contributed by atoms with Crippen molar-refractivity contribution in [1.29, 1.82) is 0 Å². The predicted octanol–water partition coefficient (Wildman–Crippen LogP) is -0.0260.